The molecular weight excluding hydrogens is 312 g/mol. The summed E-state index contributed by atoms with van der Waals surface area (Å²) in [6.45, 7) is 2.13. The van der Waals surface area contributed by atoms with Gasteiger partial charge in [-0.1, -0.05) is 46.6 Å². The van der Waals surface area contributed by atoms with Crippen LogP contribution in [0.2, 0.25) is 5.02 Å². The van der Waals surface area contributed by atoms with Crippen LogP contribution in [0.1, 0.15) is 5.56 Å². The van der Waals surface area contributed by atoms with E-state index >= 15 is 0 Å². The Bertz CT molecular complexity index is 809. The highest BCUT2D eigenvalue weighted by Gasteiger charge is 2.08. The van der Waals surface area contributed by atoms with E-state index in [0.717, 1.165) is 11.3 Å². The molecule has 3 aromatic rings. The van der Waals surface area contributed by atoms with E-state index in [2.05, 4.69) is 15.6 Å². The van der Waals surface area contributed by atoms with Crippen LogP contribution in [-0.4, -0.2) is 20.9 Å². The molecular formula is C17H15ClN4O. The molecule has 1 aromatic heterocycles. The van der Waals surface area contributed by atoms with Gasteiger partial charge in [-0.05, 0) is 31.2 Å². The van der Waals surface area contributed by atoms with Crippen LogP contribution in [0.4, 0.5) is 5.69 Å². The average Bonchev–Trinajstić information content (AvgIpc) is 2.98. The highest BCUT2D eigenvalue weighted by molar-refractivity contribution is 6.30. The lowest BCUT2D eigenvalue weighted by Gasteiger charge is -2.04. The minimum Gasteiger partial charge on any atom is -0.324 e. The number of anilines is 1. The predicted octanol–water partition coefficient (Wildman–Crippen LogP) is 3.55. The monoisotopic (exact) mass is 326 g/mol. The molecule has 0 saturated heterocycles. The van der Waals surface area contributed by atoms with Crippen molar-refractivity contribution in [2.45, 2.75) is 13.5 Å². The van der Waals surface area contributed by atoms with E-state index in [1.165, 1.54) is 10.2 Å². The van der Waals surface area contributed by atoms with Crippen molar-refractivity contribution in [2.75, 3.05) is 5.32 Å². The Morgan fingerprint density at radius 1 is 1.13 bits per heavy atom. The van der Waals surface area contributed by atoms with Crippen LogP contribution in [0, 0.1) is 6.92 Å². The van der Waals surface area contributed by atoms with Crippen LogP contribution in [0.15, 0.2) is 54.7 Å². The van der Waals surface area contributed by atoms with Gasteiger partial charge in [-0.3, -0.25) is 4.79 Å². The van der Waals surface area contributed by atoms with Crippen molar-refractivity contribution in [3.05, 3.63) is 65.3 Å². The second kappa shape index (κ2) is 6.62. The molecule has 3 rings (SSSR count). The van der Waals surface area contributed by atoms with Gasteiger partial charge >= 0.3 is 0 Å². The zero-order valence-corrected chi connectivity index (χ0v) is 13.3. The summed E-state index contributed by atoms with van der Waals surface area (Å²) in [5, 5.41) is 11.5. The second-order valence-corrected chi connectivity index (χ2v) is 5.66. The fourth-order valence-corrected chi connectivity index (χ4v) is 2.24. The normalized spacial score (nSPS) is 10.5. The molecule has 0 spiro atoms. The first-order valence-electron chi connectivity index (χ1n) is 7.13. The molecule has 0 aliphatic carbocycles. The van der Waals surface area contributed by atoms with Gasteiger partial charge in [0.15, 0.2) is 0 Å². The number of carbonyl (C=O) groups excluding carboxylic acids is 1. The first-order chi connectivity index (χ1) is 11.1. The zero-order chi connectivity index (χ0) is 16.2. The van der Waals surface area contributed by atoms with Crippen LogP contribution in [0.25, 0.3) is 11.3 Å². The zero-order valence-electron chi connectivity index (χ0n) is 12.5. The summed E-state index contributed by atoms with van der Waals surface area (Å²) in [7, 11) is 0. The third kappa shape index (κ3) is 3.96. The molecule has 1 N–H and O–H groups in total. The molecule has 0 aliphatic heterocycles. The highest BCUT2D eigenvalue weighted by atomic mass is 35.5. The van der Waals surface area contributed by atoms with Gasteiger partial charge in [-0.15, -0.1) is 5.10 Å². The largest absolute Gasteiger partial charge is 0.324 e. The van der Waals surface area contributed by atoms with Crippen molar-refractivity contribution >= 4 is 23.2 Å². The van der Waals surface area contributed by atoms with Gasteiger partial charge in [0.1, 0.15) is 12.2 Å². The number of aryl methyl sites for hydroxylation is 1. The Kier molecular flexibility index (Phi) is 4.39. The number of hydrogen-bond acceptors (Lipinski definition) is 3. The lowest BCUT2D eigenvalue weighted by atomic mass is 10.1. The highest BCUT2D eigenvalue weighted by Crippen LogP contribution is 2.17. The SMILES string of the molecule is Cc1ccc(-c2cn(CC(=O)Nc3ccc(Cl)cc3)nn2)cc1. The van der Waals surface area contributed by atoms with Crippen LogP contribution >= 0.6 is 11.6 Å². The first-order valence-corrected chi connectivity index (χ1v) is 7.50. The summed E-state index contributed by atoms with van der Waals surface area (Å²) in [5.41, 5.74) is 3.59. The molecule has 1 amide bonds. The molecule has 0 fully saturated rings. The number of halogens is 1. The van der Waals surface area contributed by atoms with E-state index < -0.39 is 0 Å². The number of nitrogens with zero attached hydrogens (tertiary/aromatic N) is 3. The van der Waals surface area contributed by atoms with Gasteiger partial charge in [0.25, 0.3) is 0 Å². The number of aromatic nitrogens is 3. The number of hydrogen-bond donors (Lipinski definition) is 1. The van der Waals surface area contributed by atoms with E-state index in [1.54, 1.807) is 30.5 Å². The van der Waals surface area contributed by atoms with E-state index in [9.17, 15) is 4.79 Å². The van der Waals surface area contributed by atoms with E-state index in [1.807, 2.05) is 31.2 Å². The summed E-state index contributed by atoms with van der Waals surface area (Å²) in [5.74, 6) is -0.173. The lowest BCUT2D eigenvalue weighted by Crippen LogP contribution is -2.19. The number of benzene rings is 2. The molecule has 23 heavy (non-hydrogen) atoms. The van der Waals surface area contributed by atoms with Crippen molar-refractivity contribution in [2.24, 2.45) is 0 Å². The van der Waals surface area contributed by atoms with Crippen molar-refractivity contribution in [3.8, 4) is 11.3 Å². The van der Waals surface area contributed by atoms with Crippen LogP contribution < -0.4 is 5.32 Å². The summed E-state index contributed by atoms with van der Waals surface area (Å²) >= 11 is 5.81. The maximum Gasteiger partial charge on any atom is 0.246 e. The maximum atomic E-state index is 12.0. The maximum absolute atomic E-state index is 12.0. The minimum absolute atomic E-state index is 0.0987. The molecule has 0 aliphatic rings. The van der Waals surface area contributed by atoms with Gasteiger partial charge in [0.2, 0.25) is 5.91 Å². The summed E-state index contributed by atoms with van der Waals surface area (Å²) < 4.78 is 1.51. The Labute approximate surface area is 138 Å². The molecule has 116 valence electrons. The van der Waals surface area contributed by atoms with E-state index in [4.69, 9.17) is 11.6 Å². The number of rotatable bonds is 4. The van der Waals surface area contributed by atoms with Crippen molar-refractivity contribution < 1.29 is 4.79 Å². The van der Waals surface area contributed by atoms with Crippen LogP contribution in [0.5, 0.6) is 0 Å². The van der Waals surface area contributed by atoms with Crippen molar-refractivity contribution in [3.63, 3.8) is 0 Å². The average molecular weight is 327 g/mol. The third-order valence-corrected chi connectivity index (χ3v) is 3.57. The topological polar surface area (TPSA) is 59.8 Å². The third-order valence-electron chi connectivity index (χ3n) is 3.32. The van der Waals surface area contributed by atoms with Crippen molar-refractivity contribution in [1.29, 1.82) is 0 Å². The molecule has 1 heterocycles. The first kappa shape index (κ1) is 15.2. The predicted molar refractivity (Wildman–Crippen MR) is 90.3 cm³/mol. The Morgan fingerprint density at radius 3 is 2.52 bits per heavy atom. The summed E-state index contributed by atoms with van der Waals surface area (Å²) in [6.07, 6.45) is 1.76. The number of carbonyl (C=O) groups is 1. The fourth-order valence-electron chi connectivity index (χ4n) is 2.11. The molecule has 0 bridgehead atoms. The molecule has 2 aromatic carbocycles. The summed E-state index contributed by atoms with van der Waals surface area (Å²) in [4.78, 5) is 12.0. The molecule has 0 saturated carbocycles. The number of amides is 1. The van der Waals surface area contributed by atoms with Gasteiger partial charge in [0, 0.05) is 16.3 Å². The van der Waals surface area contributed by atoms with Crippen LogP contribution in [-0.2, 0) is 11.3 Å². The molecule has 0 radical (unpaired) electrons. The van der Waals surface area contributed by atoms with Gasteiger partial charge in [0.05, 0.1) is 6.20 Å². The Balaban J connectivity index is 1.65. The molecule has 5 nitrogen and oxygen atoms in total. The summed E-state index contributed by atoms with van der Waals surface area (Å²) in [6, 6.07) is 14.9. The molecule has 0 atom stereocenters. The van der Waals surface area contributed by atoms with Gasteiger partial charge < -0.3 is 5.32 Å². The minimum atomic E-state index is -0.173. The second-order valence-electron chi connectivity index (χ2n) is 5.22. The fraction of sp³-hybridized carbons (Fsp3) is 0.118. The van der Waals surface area contributed by atoms with Crippen LogP contribution in [0.3, 0.4) is 0 Å². The Morgan fingerprint density at radius 2 is 1.83 bits per heavy atom. The van der Waals surface area contributed by atoms with Gasteiger partial charge in [-0.2, -0.15) is 0 Å². The lowest BCUT2D eigenvalue weighted by molar-refractivity contribution is -0.116. The standard InChI is InChI=1S/C17H15ClN4O/c1-12-2-4-13(5-3-12)16-10-22(21-20-16)11-17(23)19-15-8-6-14(18)7-9-15/h2-10H,11H2,1H3,(H,19,23). The smallest absolute Gasteiger partial charge is 0.246 e. The number of nitrogens with one attached hydrogen (secondary N) is 1. The Hall–Kier alpha value is -2.66. The van der Waals surface area contributed by atoms with Gasteiger partial charge in [-0.25, -0.2) is 4.68 Å². The quantitative estimate of drug-likeness (QED) is 0.797. The van der Waals surface area contributed by atoms with E-state index in [0.29, 0.717) is 10.7 Å². The molecule has 6 heteroatoms. The molecule has 0 unspecified atom stereocenters. The van der Waals surface area contributed by atoms with E-state index in [-0.39, 0.29) is 12.5 Å². The van der Waals surface area contributed by atoms with Crippen molar-refractivity contribution in [1.82, 2.24) is 15.0 Å².